The molecule has 0 radical (unpaired) electrons. The van der Waals surface area contributed by atoms with Crippen molar-refractivity contribution >= 4 is 0 Å². The molecule has 0 atom stereocenters. The van der Waals surface area contributed by atoms with Gasteiger partial charge in [0.1, 0.15) is 5.75 Å². The second kappa shape index (κ2) is 6.35. The van der Waals surface area contributed by atoms with Gasteiger partial charge in [-0.1, -0.05) is 26.0 Å². The lowest BCUT2D eigenvalue weighted by molar-refractivity contribution is -0.253. The predicted molar refractivity (Wildman–Crippen MR) is 54.1 cm³/mol. The van der Waals surface area contributed by atoms with E-state index < -0.39 is 12.5 Å². The molecular formula is C11H14F4O. The molecule has 0 N–H and O–H groups in total. The van der Waals surface area contributed by atoms with Gasteiger partial charge in [-0.2, -0.15) is 17.6 Å². The Morgan fingerprint density at radius 1 is 1.19 bits per heavy atom. The molecular weight excluding hydrogens is 224 g/mol. The highest BCUT2D eigenvalue weighted by Gasteiger charge is 2.43. The van der Waals surface area contributed by atoms with Gasteiger partial charge in [-0.05, 0) is 24.6 Å². The Morgan fingerprint density at radius 3 is 2.19 bits per heavy atom. The summed E-state index contributed by atoms with van der Waals surface area (Å²) < 4.78 is 52.1. The normalized spacial score (nSPS) is 10.8. The number of hydrogen-bond donors (Lipinski definition) is 0. The minimum Gasteiger partial charge on any atom is -0.428 e. The molecule has 5 heteroatoms. The van der Waals surface area contributed by atoms with Crippen LogP contribution in [0.5, 0.6) is 5.75 Å². The Morgan fingerprint density at radius 2 is 1.75 bits per heavy atom. The maximum Gasteiger partial charge on any atom is 0.461 e. The number of benzene rings is 1. The maximum absolute atomic E-state index is 12.4. The number of halogens is 4. The monoisotopic (exact) mass is 238 g/mol. The molecule has 0 spiro atoms. The van der Waals surface area contributed by atoms with E-state index >= 15 is 0 Å². The fourth-order valence-corrected chi connectivity index (χ4v) is 0.881. The standard InChI is InChI=1S/C9H8F4O.C2H6/c1-6-3-2-4-7(5-6)14-9(12,13)8(10)11;1-2/h2-5,8H,1H3;1-2H3. The van der Waals surface area contributed by atoms with Crippen LogP contribution in [-0.4, -0.2) is 12.5 Å². The lowest BCUT2D eigenvalue weighted by Crippen LogP contribution is -2.33. The van der Waals surface area contributed by atoms with Gasteiger partial charge in [0, 0.05) is 0 Å². The third kappa shape index (κ3) is 4.51. The lowest BCUT2D eigenvalue weighted by atomic mass is 10.2. The van der Waals surface area contributed by atoms with Crippen LogP contribution in [-0.2, 0) is 0 Å². The predicted octanol–water partition coefficient (Wildman–Crippen LogP) is 4.26. The van der Waals surface area contributed by atoms with E-state index in [1.54, 1.807) is 13.0 Å². The molecule has 1 rings (SSSR count). The highest BCUT2D eigenvalue weighted by Crippen LogP contribution is 2.27. The Kier molecular flexibility index (Phi) is 5.85. The molecule has 0 saturated heterocycles. The van der Waals surface area contributed by atoms with Crippen LogP contribution in [0, 0.1) is 6.92 Å². The zero-order valence-corrected chi connectivity index (χ0v) is 9.31. The van der Waals surface area contributed by atoms with E-state index in [4.69, 9.17) is 0 Å². The van der Waals surface area contributed by atoms with Crippen molar-refractivity contribution in [1.82, 2.24) is 0 Å². The third-order valence-corrected chi connectivity index (χ3v) is 1.50. The van der Waals surface area contributed by atoms with Crippen LogP contribution in [0.4, 0.5) is 17.6 Å². The van der Waals surface area contributed by atoms with Crippen LogP contribution in [0.15, 0.2) is 24.3 Å². The molecule has 0 heterocycles. The van der Waals surface area contributed by atoms with Crippen molar-refractivity contribution in [3.05, 3.63) is 29.8 Å². The van der Waals surface area contributed by atoms with Crippen molar-refractivity contribution < 1.29 is 22.3 Å². The SMILES string of the molecule is CC.Cc1cccc(OC(F)(F)C(F)F)c1. The van der Waals surface area contributed by atoms with Gasteiger partial charge in [0.25, 0.3) is 0 Å². The fraction of sp³-hybridized carbons (Fsp3) is 0.455. The summed E-state index contributed by atoms with van der Waals surface area (Å²) in [5.41, 5.74) is 0.660. The Labute approximate surface area is 92.0 Å². The van der Waals surface area contributed by atoms with Gasteiger partial charge in [0.15, 0.2) is 0 Å². The van der Waals surface area contributed by atoms with Gasteiger partial charge < -0.3 is 4.74 Å². The van der Waals surface area contributed by atoms with Gasteiger partial charge >= 0.3 is 12.5 Å². The van der Waals surface area contributed by atoms with Crippen molar-refractivity contribution in [3.63, 3.8) is 0 Å². The number of aryl methyl sites for hydroxylation is 1. The summed E-state index contributed by atoms with van der Waals surface area (Å²) in [7, 11) is 0. The van der Waals surface area contributed by atoms with Crippen LogP contribution in [0.1, 0.15) is 19.4 Å². The largest absolute Gasteiger partial charge is 0.461 e. The van der Waals surface area contributed by atoms with Crippen LogP contribution < -0.4 is 4.74 Å². The lowest BCUT2D eigenvalue weighted by Gasteiger charge is -2.16. The van der Waals surface area contributed by atoms with E-state index in [2.05, 4.69) is 4.74 Å². The highest BCUT2D eigenvalue weighted by molar-refractivity contribution is 5.27. The average Bonchev–Trinajstić information content (AvgIpc) is 2.19. The Balaban J connectivity index is 0.00000106. The minimum absolute atomic E-state index is 0.268. The van der Waals surface area contributed by atoms with Crippen molar-refractivity contribution in [2.75, 3.05) is 0 Å². The molecule has 0 aliphatic carbocycles. The van der Waals surface area contributed by atoms with Gasteiger partial charge in [0.05, 0.1) is 0 Å². The first-order chi connectivity index (χ1) is 7.42. The van der Waals surface area contributed by atoms with E-state index in [1.165, 1.54) is 18.2 Å². The van der Waals surface area contributed by atoms with Crippen LogP contribution in [0.3, 0.4) is 0 Å². The zero-order valence-electron chi connectivity index (χ0n) is 9.31. The number of hydrogen-bond acceptors (Lipinski definition) is 1. The van der Waals surface area contributed by atoms with E-state index in [1.807, 2.05) is 13.8 Å². The van der Waals surface area contributed by atoms with E-state index in [-0.39, 0.29) is 5.75 Å². The Hall–Kier alpha value is -1.26. The van der Waals surface area contributed by atoms with E-state index in [9.17, 15) is 17.6 Å². The minimum atomic E-state index is -4.44. The molecule has 16 heavy (non-hydrogen) atoms. The fourth-order valence-electron chi connectivity index (χ4n) is 0.881. The topological polar surface area (TPSA) is 9.23 Å². The summed E-state index contributed by atoms with van der Waals surface area (Å²) in [6, 6.07) is 5.55. The summed E-state index contributed by atoms with van der Waals surface area (Å²) in [6.07, 6.45) is -8.27. The van der Waals surface area contributed by atoms with Crippen LogP contribution in [0.2, 0.25) is 0 Å². The summed E-state index contributed by atoms with van der Waals surface area (Å²) in [4.78, 5) is 0. The second-order valence-corrected chi connectivity index (χ2v) is 2.78. The van der Waals surface area contributed by atoms with Gasteiger partial charge in [-0.15, -0.1) is 0 Å². The van der Waals surface area contributed by atoms with Gasteiger partial charge in [0.2, 0.25) is 0 Å². The average molecular weight is 238 g/mol. The maximum atomic E-state index is 12.4. The van der Waals surface area contributed by atoms with E-state index in [0.29, 0.717) is 5.56 Å². The van der Waals surface area contributed by atoms with Gasteiger partial charge in [-0.3, -0.25) is 0 Å². The first-order valence-electron chi connectivity index (χ1n) is 4.83. The van der Waals surface area contributed by atoms with Crippen molar-refractivity contribution in [3.8, 4) is 5.75 Å². The number of ether oxygens (including phenoxy) is 1. The van der Waals surface area contributed by atoms with Crippen LogP contribution >= 0.6 is 0 Å². The molecule has 0 bridgehead atoms. The van der Waals surface area contributed by atoms with E-state index in [0.717, 1.165) is 0 Å². The number of alkyl halides is 4. The molecule has 1 nitrogen and oxygen atoms in total. The Bertz CT molecular complexity index is 313. The number of rotatable bonds is 3. The van der Waals surface area contributed by atoms with Crippen LogP contribution in [0.25, 0.3) is 0 Å². The molecule has 92 valence electrons. The van der Waals surface area contributed by atoms with Gasteiger partial charge in [-0.25, -0.2) is 0 Å². The molecule has 0 aliphatic rings. The quantitative estimate of drug-likeness (QED) is 0.715. The molecule has 0 saturated carbocycles. The highest BCUT2D eigenvalue weighted by atomic mass is 19.3. The third-order valence-electron chi connectivity index (χ3n) is 1.50. The molecule has 0 amide bonds. The summed E-state index contributed by atoms with van der Waals surface area (Å²) in [5, 5.41) is 0. The summed E-state index contributed by atoms with van der Waals surface area (Å²) in [5.74, 6) is -0.268. The molecule has 0 aromatic heterocycles. The first-order valence-corrected chi connectivity index (χ1v) is 4.83. The summed E-state index contributed by atoms with van der Waals surface area (Å²) >= 11 is 0. The van der Waals surface area contributed by atoms with Crippen molar-refractivity contribution in [2.45, 2.75) is 33.3 Å². The first kappa shape index (κ1) is 14.7. The van der Waals surface area contributed by atoms with Crippen molar-refractivity contribution in [1.29, 1.82) is 0 Å². The smallest absolute Gasteiger partial charge is 0.428 e. The van der Waals surface area contributed by atoms with Crippen molar-refractivity contribution in [2.24, 2.45) is 0 Å². The molecule has 0 fully saturated rings. The summed E-state index contributed by atoms with van der Waals surface area (Å²) in [6.45, 7) is 5.65. The molecule has 1 aromatic carbocycles. The molecule has 1 aromatic rings. The molecule has 0 unspecified atom stereocenters. The second-order valence-electron chi connectivity index (χ2n) is 2.78. The molecule has 0 aliphatic heterocycles. The zero-order chi connectivity index (χ0) is 12.8.